The van der Waals surface area contributed by atoms with Crippen LogP contribution >= 0.6 is 11.8 Å². The van der Waals surface area contributed by atoms with Gasteiger partial charge in [-0.3, -0.25) is 4.79 Å². The highest BCUT2D eigenvalue weighted by molar-refractivity contribution is 7.99. The lowest BCUT2D eigenvalue weighted by Crippen LogP contribution is -2.23. The van der Waals surface area contributed by atoms with Crippen LogP contribution in [0.25, 0.3) is 0 Å². The second-order valence-corrected chi connectivity index (χ2v) is 7.05. The Labute approximate surface area is 146 Å². The summed E-state index contributed by atoms with van der Waals surface area (Å²) >= 11 is 1.26. The molecule has 5 nitrogen and oxygen atoms in total. The molecule has 1 atom stereocenters. The molecule has 1 amide bonds. The van der Waals surface area contributed by atoms with Crippen LogP contribution in [0.3, 0.4) is 0 Å². The molecule has 1 aromatic carbocycles. The number of hydrogen-bond donors (Lipinski definition) is 0. The normalized spacial score (nSPS) is 16.5. The molecule has 1 aromatic heterocycles. The third kappa shape index (κ3) is 4.33. The van der Waals surface area contributed by atoms with Gasteiger partial charge in [0.2, 0.25) is 11.8 Å². The minimum absolute atomic E-state index is 0.0746. The SMILES string of the molecule is CC(Sc1nnc(CN2CCCC2=O)o1)c1ccc(C(F)(F)F)cc1. The minimum Gasteiger partial charge on any atom is -0.414 e. The van der Waals surface area contributed by atoms with E-state index in [-0.39, 0.29) is 11.2 Å². The Hall–Kier alpha value is -2.03. The number of halogens is 3. The fourth-order valence-electron chi connectivity index (χ4n) is 2.55. The number of carbonyl (C=O) groups is 1. The van der Waals surface area contributed by atoms with E-state index in [4.69, 9.17) is 4.42 Å². The van der Waals surface area contributed by atoms with Gasteiger partial charge in [-0.15, -0.1) is 10.2 Å². The van der Waals surface area contributed by atoms with Crippen LogP contribution in [0.4, 0.5) is 13.2 Å². The van der Waals surface area contributed by atoms with Crippen molar-refractivity contribution in [3.05, 3.63) is 41.3 Å². The largest absolute Gasteiger partial charge is 0.416 e. The highest BCUT2D eigenvalue weighted by Gasteiger charge is 2.30. The topological polar surface area (TPSA) is 59.2 Å². The lowest BCUT2D eigenvalue weighted by Gasteiger charge is -2.12. The van der Waals surface area contributed by atoms with Crippen LogP contribution in [0, 0.1) is 0 Å². The second kappa shape index (κ2) is 7.07. The molecule has 1 fully saturated rings. The molecule has 1 aliphatic heterocycles. The lowest BCUT2D eigenvalue weighted by molar-refractivity contribution is -0.137. The van der Waals surface area contributed by atoms with Crippen molar-refractivity contribution >= 4 is 17.7 Å². The van der Waals surface area contributed by atoms with E-state index in [2.05, 4.69) is 10.2 Å². The van der Waals surface area contributed by atoms with Crippen LogP contribution in [0.2, 0.25) is 0 Å². The fourth-order valence-corrected chi connectivity index (χ4v) is 3.37. The van der Waals surface area contributed by atoms with E-state index in [9.17, 15) is 18.0 Å². The van der Waals surface area contributed by atoms with Gasteiger partial charge in [-0.25, -0.2) is 0 Å². The average molecular weight is 371 g/mol. The van der Waals surface area contributed by atoms with E-state index in [0.717, 1.165) is 24.1 Å². The van der Waals surface area contributed by atoms with Gasteiger partial charge < -0.3 is 9.32 Å². The van der Waals surface area contributed by atoms with E-state index in [1.807, 2.05) is 6.92 Å². The fraction of sp³-hybridized carbons (Fsp3) is 0.438. The van der Waals surface area contributed by atoms with E-state index >= 15 is 0 Å². The number of nitrogens with zero attached hydrogens (tertiary/aromatic N) is 3. The Kier molecular flexibility index (Phi) is 5.03. The summed E-state index contributed by atoms with van der Waals surface area (Å²) in [5.74, 6) is 0.433. The highest BCUT2D eigenvalue weighted by atomic mass is 32.2. The standard InChI is InChI=1S/C16H16F3N3O2S/c1-10(11-4-6-12(7-5-11)16(17,18)19)25-15-21-20-13(24-15)9-22-8-2-3-14(22)23/h4-7,10H,2-3,8-9H2,1H3. The molecule has 2 aromatic rings. The first-order valence-electron chi connectivity index (χ1n) is 7.77. The van der Waals surface area contributed by atoms with Crippen molar-refractivity contribution in [1.82, 2.24) is 15.1 Å². The minimum atomic E-state index is -4.34. The summed E-state index contributed by atoms with van der Waals surface area (Å²) in [6, 6.07) is 5.01. The summed E-state index contributed by atoms with van der Waals surface area (Å²) in [6.07, 6.45) is -2.97. The number of aromatic nitrogens is 2. The van der Waals surface area contributed by atoms with Crippen LogP contribution in [-0.4, -0.2) is 27.5 Å². The number of carbonyl (C=O) groups excluding carboxylic acids is 1. The molecule has 0 N–H and O–H groups in total. The summed E-state index contributed by atoms with van der Waals surface area (Å²) in [7, 11) is 0. The Morgan fingerprint density at radius 1 is 1.28 bits per heavy atom. The monoisotopic (exact) mass is 371 g/mol. The van der Waals surface area contributed by atoms with Crippen molar-refractivity contribution in [3.8, 4) is 0 Å². The number of amides is 1. The van der Waals surface area contributed by atoms with Gasteiger partial charge in [0.1, 0.15) is 0 Å². The zero-order valence-electron chi connectivity index (χ0n) is 13.4. The molecule has 1 saturated heterocycles. The Morgan fingerprint density at radius 3 is 2.60 bits per heavy atom. The molecule has 25 heavy (non-hydrogen) atoms. The molecular formula is C16H16F3N3O2S. The second-order valence-electron chi connectivity index (χ2n) is 5.76. The van der Waals surface area contributed by atoms with Crippen LogP contribution in [0.5, 0.6) is 0 Å². The smallest absolute Gasteiger partial charge is 0.414 e. The Balaban J connectivity index is 1.61. The van der Waals surface area contributed by atoms with Crippen molar-refractivity contribution in [2.45, 2.75) is 43.0 Å². The molecule has 0 radical (unpaired) electrons. The third-order valence-corrected chi connectivity index (χ3v) is 4.92. The predicted molar refractivity (Wildman–Crippen MR) is 84.7 cm³/mol. The zero-order valence-corrected chi connectivity index (χ0v) is 14.2. The number of hydrogen-bond acceptors (Lipinski definition) is 5. The van der Waals surface area contributed by atoms with Crippen LogP contribution in [0.15, 0.2) is 33.9 Å². The molecule has 134 valence electrons. The quantitative estimate of drug-likeness (QED) is 0.742. The maximum absolute atomic E-state index is 12.6. The van der Waals surface area contributed by atoms with Crippen molar-refractivity contribution in [2.24, 2.45) is 0 Å². The van der Waals surface area contributed by atoms with Crippen LogP contribution in [-0.2, 0) is 17.5 Å². The first kappa shape index (κ1) is 17.8. The molecule has 0 saturated carbocycles. The van der Waals surface area contributed by atoms with Gasteiger partial charge in [0.05, 0.1) is 12.1 Å². The van der Waals surface area contributed by atoms with Gasteiger partial charge in [0.15, 0.2) is 0 Å². The van der Waals surface area contributed by atoms with Gasteiger partial charge in [-0.1, -0.05) is 23.9 Å². The van der Waals surface area contributed by atoms with Crippen LogP contribution < -0.4 is 0 Å². The predicted octanol–water partition coefficient (Wildman–Crippen LogP) is 4.06. The summed E-state index contributed by atoms with van der Waals surface area (Å²) < 4.78 is 43.3. The molecule has 1 unspecified atom stereocenters. The van der Waals surface area contributed by atoms with E-state index in [0.29, 0.717) is 30.6 Å². The lowest BCUT2D eigenvalue weighted by atomic mass is 10.1. The molecular weight excluding hydrogens is 355 g/mol. The van der Waals surface area contributed by atoms with Gasteiger partial charge in [-0.05, 0) is 31.0 Å². The maximum atomic E-state index is 12.6. The number of rotatable bonds is 5. The third-order valence-electron chi connectivity index (χ3n) is 3.93. The van der Waals surface area contributed by atoms with Gasteiger partial charge >= 0.3 is 6.18 Å². The van der Waals surface area contributed by atoms with E-state index in [1.54, 1.807) is 4.90 Å². The van der Waals surface area contributed by atoms with Gasteiger partial charge in [0, 0.05) is 18.2 Å². The van der Waals surface area contributed by atoms with Crippen LogP contribution in [0.1, 0.15) is 42.0 Å². The molecule has 9 heteroatoms. The number of thioether (sulfide) groups is 1. The highest BCUT2D eigenvalue weighted by Crippen LogP contribution is 2.36. The van der Waals surface area contributed by atoms with Crippen molar-refractivity contribution in [2.75, 3.05) is 6.54 Å². The summed E-state index contributed by atoms with van der Waals surface area (Å²) in [4.78, 5) is 13.3. The molecule has 0 spiro atoms. The average Bonchev–Trinajstić information content (AvgIpc) is 3.16. The van der Waals surface area contributed by atoms with Crippen molar-refractivity contribution in [1.29, 1.82) is 0 Å². The van der Waals surface area contributed by atoms with Crippen molar-refractivity contribution in [3.63, 3.8) is 0 Å². The number of alkyl halides is 3. The van der Waals surface area contributed by atoms with Crippen molar-refractivity contribution < 1.29 is 22.4 Å². The zero-order chi connectivity index (χ0) is 18.0. The Bertz CT molecular complexity index is 746. The van der Waals surface area contributed by atoms with Gasteiger partial charge in [-0.2, -0.15) is 13.2 Å². The summed E-state index contributed by atoms with van der Waals surface area (Å²) in [5.41, 5.74) is 0.0521. The number of benzene rings is 1. The first-order chi connectivity index (χ1) is 11.8. The van der Waals surface area contributed by atoms with Gasteiger partial charge in [0.25, 0.3) is 5.22 Å². The van der Waals surface area contributed by atoms with E-state index in [1.165, 1.54) is 23.9 Å². The Morgan fingerprint density at radius 2 is 2.00 bits per heavy atom. The molecule has 2 heterocycles. The molecule has 0 bridgehead atoms. The molecule has 0 aliphatic carbocycles. The maximum Gasteiger partial charge on any atom is 0.416 e. The van der Waals surface area contributed by atoms with E-state index < -0.39 is 11.7 Å². The summed E-state index contributed by atoms with van der Waals surface area (Å²) in [5, 5.41) is 8.04. The first-order valence-corrected chi connectivity index (χ1v) is 8.65. The molecule has 1 aliphatic rings. The summed E-state index contributed by atoms with van der Waals surface area (Å²) in [6.45, 7) is 2.83. The molecule has 3 rings (SSSR count). The number of likely N-dealkylation sites (tertiary alicyclic amines) is 1.